The summed E-state index contributed by atoms with van der Waals surface area (Å²) in [6.07, 6.45) is 14.1. The number of allylic oxidation sites excluding steroid dienone is 2. The standard InChI is InChI=1S/C10H18.C5H8/c1-3-9(2)10-7-5-4-6-8-10;1-2-5-3-4-5/h3,9-10H,1,4-8H2,2H3;2,5H,1,3-4H2. The molecule has 0 heterocycles. The van der Waals surface area contributed by atoms with Crippen molar-refractivity contribution in [2.24, 2.45) is 17.8 Å². The van der Waals surface area contributed by atoms with Crippen molar-refractivity contribution < 1.29 is 0 Å². The van der Waals surface area contributed by atoms with E-state index in [0.29, 0.717) is 0 Å². The van der Waals surface area contributed by atoms with Gasteiger partial charge in [-0.2, -0.15) is 0 Å². The zero-order chi connectivity index (χ0) is 11.1. The Bertz CT molecular complexity index is 182. The lowest BCUT2D eigenvalue weighted by atomic mass is 9.81. The van der Waals surface area contributed by atoms with Crippen LogP contribution in [0.25, 0.3) is 0 Å². The second kappa shape index (κ2) is 6.87. The van der Waals surface area contributed by atoms with E-state index < -0.39 is 0 Å². The van der Waals surface area contributed by atoms with Crippen LogP contribution in [0.4, 0.5) is 0 Å². The van der Waals surface area contributed by atoms with Crippen LogP contribution in [0.2, 0.25) is 0 Å². The molecule has 0 amide bonds. The monoisotopic (exact) mass is 206 g/mol. The Morgan fingerprint density at radius 3 is 1.93 bits per heavy atom. The maximum absolute atomic E-state index is 3.84. The summed E-state index contributed by atoms with van der Waals surface area (Å²) in [5.41, 5.74) is 0. The highest BCUT2D eigenvalue weighted by atomic mass is 14.2. The molecular weight excluding hydrogens is 180 g/mol. The summed E-state index contributed by atoms with van der Waals surface area (Å²) >= 11 is 0. The van der Waals surface area contributed by atoms with Gasteiger partial charge < -0.3 is 0 Å². The summed E-state index contributed by atoms with van der Waals surface area (Å²) in [7, 11) is 0. The van der Waals surface area contributed by atoms with Gasteiger partial charge in [0.15, 0.2) is 0 Å². The summed E-state index contributed by atoms with van der Waals surface area (Å²) in [6, 6.07) is 0. The Kier molecular flexibility index (Phi) is 5.75. The van der Waals surface area contributed by atoms with Crippen molar-refractivity contribution in [1.82, 2.24) is 0 Å². The minimum Gasteiger partial charge on any atom is -0.103 e. The quantitative estimate of drug-likeness (QED) is 0.572. The lowest BCUT2D eigenvalue weighted by molar-refractivity contribution is 0.300. The predicted molar refractivity (Wildman–Crippen MR) is 68.9 cm³/mol. The van der Waals surface area contributed by atoms with Crippen LogP contribution >= 0.6 is 0 Å². The van der Waals surface area contributed by atoms with Crippen LogP contribution in [0.1, 0.15) is 51.9 Å². The molecule has 0 radical (unpaired) electrons. The molecule has 0 aromatic rings. The Morgan fingerprint density at radius 1 is 1.00 bits per heavy atom. The smallest absolute Gasteiger partial charge is 0.0236 e. The molecule has 15 heavy (non-hydrogen) atoms. The van der Waals surface area contributed by atoms with Crippen LogP contribution in [0, 0.1) is 17.8 Å². The summed E-state index contributed by atoms with van der Waals surface area (Å²) in [5, 5.41) is 0. The topological polar surface area (TPSA) is 0 Å². The minimum absolute atomic E-state index is 0.750. The Balaban J connectivity index is 0.000000187. The van der Waals surface area contributed by atoms with Crippen LogP contribution in [-0.4, -0.2) is 0 Å². The minimum atomic E-state index is 0.750. The lowest BCUT2D eigenvalue weighted by Gasteiger charge is -2.25. The normalized spacial score (nSPS) is 23.5. The van der Waals surface area contributed by atoms with Crippen LogP contribution in [0.3, 0.4) is 0 Å². The third-order valence-electron chi connectivity index (χ3n) is 3.72. The van der Waals surface area contributed by atoms with Crippen molar-refractivity contribution >= 4 is 0 Å². The lowest BCUT2D eigenvalue weighted by Crippen LogP contribution is -2.12. The highest BCUT2D eigenvalue weighted by Crippen LogP contribution is 2.30. The largest absolute Gasteiger partial charge is 0.103 e. The SMILES string of the molecule is C=CC(C)C1CCCCC1.C=CC1CC1. The molecule has 0 heteroatoms. The van der Waals surface area contributed by atoms with Crippen LogP contribution in [0.5, 0.6) is 0 Å². The first kappa shape index (κ1) is 12.5. The molecule has 0 spiro atoms. The van der Waals surface area contributed by atoms with Crippen molar-refractivity contribution in [1.29, 1.82) is 0 Å². The van der Waals surface area contributed by atoms with Gasteiger partial charge in [0.25, 0.3) is 0 Å². The van der Waals surface area contributed by atoms with Gasteiger partial charge in [0.05, 0.1) is 0 Å². The van der Waals surface area contributed by atoms with Crippen molar-refractivity contribution in [2.45, 2.75) is 51.9 Å². The average molecular weight is 206 g/mol. The number of hydrogen-bond donors (Lipinski definition) is 0. The molecular formula is C15H26. The molecule has 2 rings (SSSR count). The molecule has 0 nitrogen and oxygen atoms in total. The molecule has 2 fully saturated rings. The maximum atomic E-state index is 3.84. The van der Waals surface area contributed by atoms with E-state index >= 15 is 0 Å². The van der Waals surface area contributed by atoms with Gasteiger partial charge in [0.1, 0.15) is 0 Å². The first-order chi connectivity index (χ1) is 7.27. The van der Waals surface area contributed by atoms with E-state index in [0.717, 1.165) is 17.8 Å². The maximum Gasteiger partial charge on any atom is -0.0236 e. The number of hydrogen-bond acceptors (Lipinski definition) is 0. The van der Waals surface area contributed by atoms with Crippen molar-refractivity contribution in [3.63, 3.8) is 0 Å². The van der Waals surface area contributed by atoms with Crippen LogP contribution in [0.15, 0.2) is 25.3 Å². The summed E-state index contributed by atoms with van der Waals surface area (Å²) in [5.74, 6) is 2.60. The molecule has 2 aliphatic carbocycles. The molecule has 0 aliphatic heterocycles. The second-order valence-corrected chi connectivity index (χ2v) is 5.07. The van der Waals surface area contributed by atoms with E-state index in [1.165, 1.54) is 44.9 Å². The Hall–Kier alpha value is -0.520. The van der Waals surface area contributed by atoms with Gasteiger partial charge in [0.2, 0.25) is 0 Å². The van der Waals surface area contributed by atoms with Gasteiger partial charge in [-0.15, -0.1) is 13.2 Å². The fourth-order valence-electron chi connectivity index (χ4n) is 2.18. The summed E-state index contributed by atoms with van der Waals surface area (Å²) in [4.78, 5) is 0. The fourth-order valence-corrected chi connectivity index (χ4v) is 2.18. The zero-order valence-corrected chi connectivity index (χ0v) is 10.3. The van der Waals surface area contributed by atoms with E-state index in [1.54, 1.807) is 0 Å². The molecule has 2 aliphatic rings. The first-order valence-electron chi connectivity index (χ1n) is 6.53. The Morgan fingerprint density at radius 2 is 1.60 bits per heavy atom. The van der Waals surface area contributed by atoms with Crippen LogP contribution in [-0.2, 0) is 0 Å². The van der Waals surface area contributed by atoms with Crippen molar-refractivity contribution in [3.8, 4) is 0 Å². The molecule has 0 aromatic carbocycles. The zero-order valence-electron chi connectivity index (χ0n) is 10.3. The highest BCUT2D eigenvalue weighted by molar-refractivity contribution is 4.88. The van der Waals surface area contributed by atoms with Gasteiger partial charge in [-0.25, -0.2) is 0 Å². The molecule has 86 valence electrons. The summed E-state index contributed by atoms with van der Waals surface area (Å²) in [6.45, 7) is 9.75. The van der Waals surface area contributed by atoms with Gasteiger partial charge >= 0.3 is 0 Å². The second-order valence-electron chi connectivity index (χ2n) is 5.07. The van der Waals surface area contributed by atoms with E-state index in [4.69, 9.17) is 0 Å². The van der Waals surface area contributed by atoms with E-state index in [1.807, 2.05) is 6.08 Å². The van der Waals surface area contributed by atoms with Gasteiger partial charge in [0, 0.05) is 0 Å². The van der Waals surface area contributed by atoms with Crippen molar-refractivity contribution in [3.05, 3.63) is 25.3 Å². The molecule has 0 bridgehead atoms. The molecule has 2 saturated carbocycles. The molecule has 0 saturated heterocycles. The summed E-state index contributed by atoms with van der Waals surface area (Å²) < 4.78 is 0. The van der Waals surface area contributed by atoms with Crippen LogP contribution < -0.4 is 0 Å². The fraction of sp³-hybridized carbons (Fsp3) is 0.733. The Labute approximate surface area is 95.5 Å². The molecule has 1 atom stereocenters. The van der Waals surface area contributed by atoms with E-state index in [2.05, 4.69) is 26.2 Å². The predicted octanol–water partition coefficient (Wildman–Crippen LogP) is 4.97. The molecule has 0 aromatic heterocycles. The highest BCUT2D eigenvalue weighted by Gasteiger charge is 2.17. The third kappa shape index (κ3) is 5.20. The molecule has 1 unspecified atom stereocenters. The van der Waals surface area contributed by atoms with E-state index in [-0.39, 0.29) is 0 Å². The van der Waals surface area contributed by atoms with Gasteiger partial charge in [-0.1, -0.05) is 38.3 Å². The van der Waals surface area contributed by atoms with Gasteiger partial charge in [-0.05, 0) is 43.4 Å². The van der Waals surface area contributed by atoms with E-state index in [9.17, 15) is 0 Å². The molecule has 0 N–H and O–H groups in total. The van der Waals surface area contributed by atoms with Gasteiger partial charge in [-0.3, -0.25) is 0 Å². The first-order valence-corrected chi connectivity index (χ1v) is 6.53. The third-order valence-corrected chi connectivity index (χ3v) is 3.72. The number of rotatable bonds is 3. The average Bonchev–Trinajstić information content (AvgIpc) is 3.13. The van der Waals surface area contributed by atoms with Crippen molar-refractivity contribution in [2.75, 3.05) is 0 Å².